The van der Waals surface area contributed by atoms with Crippen LogP contribution >= 0.6 is 0 Å². The lowest BCUT2D eigenvalue weighted by atomic mass is 10.0. The van der Waals surface area contributed by atoms with Crippen LogP contribution in [-0.2, 0) is 38.2 Å². The van der Waals surface area contributed by atoms with Gasteiger partial charge in [-0.15, -0.1) is 0 Å². The minimum atomic E-state index is -1.66. The predicted molar refractivity (Wildman–Crippen MR) is 109 cm³/mol. The quantitative estimate of drug-likeness (QED) is 0.162. The van der Waals surface area contributed by atoms with Crippen LogP contribution in [0.5, 0.6) is 0 Å². The van der Waals surface area contributed by atoms with Crippen LogP contribution in [0.15, 0.2) is 12.2 Å². The first-order chi connectivity index (χ1) is 15.2. The Morgan fingerprint density at radius 1 is 0.938 bits per heavy atom. The molecule has 0 saturated carbocycles. The predicted octanol–water partition coefficient (Wildman–Crippen LogP) is -0.896. The van der Waals surface area contributed by atoms with E-state index in [4.69, 9.17) is 14.2 Å². The van der Waals surface area contributed by atoms with E-state index >= 15 is 0 Å². The van der Waals surface area contributed by atoms with Gasteiger partial charge in [0, 0.05) is 18.6 Å². The largest absolute Gasteiger partial charge is 0.379 e. The Labute approximate surface area is 185 Å². The van der Waals surface area contributed by atoms with Crippen LogP contribution in [0.2, 0.25) is 0 Å². The fourth-order valence-electron chi connectivity index (χ4n) is 2.56. The Bertz CT molecular complexity index is 680. The number of hydrogen-bond acceptors (Lipinski definition) is 8. The lowest BCUT2D eigenvalue weighted by Crippen LogP contribution is -2.50. The van der Waals surface area contributed by atoms with Crippen molar-refractivity contribution < 1.29 is 42.6 Å². The molecule has 0 aromatic carbocycles. The van der Waals surface area contributed by atoms with Crippen LogP contribution in [0.25, 0.3) is 0 Å². The topological polar surface area (TPSA) is 140 Å². The number of nitrogens with one attached hydrogen (secondary N) is 2. The molecule has 0 aromatic heterocycles. The summed E-state index contributed by atoms with van der Waals surface area (Å²) in [7, 11) is 0. The van der Waals surface area contributed by atoms with Crippen molar-refractivity contribution in [1.29, 1.82) is 0 Å². The third kappa shape index (κ3) is 11.1. The Balaban J connectivity index is 2.02. The summed E-state index contributed by atoms with van der Waals surface area (Å²) in [5.74, 6) is -2.00. The third-order valence-corrected chi connectivity index (χ3v) is 4.24. The highest BCUT2D eigenvalue weighted by atomic mass is 19.1. The molecule has 0 saturated heterocycles. The Morgan fingerprint density at radius 3 is 2.00 bits per heavy atom. The van der Waals surface area contributed by atoms with E-state index in [-0.39, 0.29) is 57.1 Å². The molecular weight excluding hydrogens is 429 g/mol. The van der Waals surface area contributed by atoms with Crippen molar-refractivity contribution in [3.8, 4) is 0 Å². The third-order valence-electron chi connectivity index (χ3n) is 4.24. The zero-order valence-electron chi connectivity index (χ0n) is 18.3. The van der Waals surface area contributed by atoms with Gasteiger partial charge in [-0.05, 0) is 5.92 Å². The van der Waals surface area contributed by atoms with Gasteiger partial charge in [-0.25, -0.2) is 0 Å². The van der Waals surface area contributed by atoms with Gasteiger partial charge in [0.25, 0.3) is 11.8 Å². The van der Waals surface area contributed by atoms with Crippen LogP contribution in [-0.4, -0.2) is 93.3 Å². The molecule has 11 nitrogen and oxygen atoms in total. The zero-order valence-corrected chi connectivity index (χ0v) is 18.3. The molecule has 1 aliphatic rings. The summed E-state index contributed by atoms with van der Waals surface area (Å²) < 4.78 is 28.1. The lowest BCUT2D eigenvalue weighted by Gasteiger charge is -2.21. The van der Waals surface area contributed by atoms with Gasteiger partial charge in [0.15, 0.2) is 0 Å². The molecule has 1 rings (SSSR count). The number of carbonyl (C=O) groups excluding carboxylic acids is 5. The maximum Gasteiger partial charge on any atom is 0.320 e. The van der Waals surface area contributed by atoms with Crippen molar-refractivity contribution in [2.45, 2.75) is 26.3 Å². The molecule has 0 radical (unpaired) electrons. The zero-order chi connectivity index (χ0) is 23.9. The van der Waals surface area contributed by atoms with E-state index in [1.165, 1.54) is 12.2 Å². The van der Waals surface area contributed by atoms with Gasteiger partial charge in [-0.1, -0.05) is 13.8 Å². The Hall–Kier alpha value is -2.70. The van der Waals surface area contributed by atoms with Crippen LogP contribution in [0.3, 0.4) is 0 Å². The molecule has 180 valence electrons. The average molecular weight is 459 g/mol. The molecule has 1 aliphatic heterocycles. The Kier molecular flexibility index (Phi) is 12.9. The average Bonchev–Trinajstić information content (AvgIpc) is 3.05. The molecule has 0 aliphatic carbocycles. The number of ether oxygens (including phenoxy) is 3. The van der Waals surface area contributed by atoms with E-state index in [1.807, 2.05) is 0 Å². The minimum absolute atomic E-state index is 0.0183. The van der Waals surface area contributed by atoms with Gasteiger partial charge in [-0.3, -0.25) is 28.9 Å². The van der Waals surface area contributed by atoms with Crippen LogP contribution in [0.1, 0.15) is 20.3 Å². The first-order valence-corrected chi connectivity index (χ1v) is 10.2. The molecule has 32 heavy (non-hydrogen) atoms. The van der Waals surface area contributed by atoms with E-state index in [9.17, 15) is 28.4 Å². The summed E-state index contributed by atoms with van der Waals surface area (Å²) in [6, 6.07) is -2.55. The molecule has 0 bridgehead atoms. The molecule has 1 unspecified atom stereocenters. The standard InChI is InChI=1S/C20H30FN3O8/c1-14(2)19(20(29)22-13-15(21)25)23-16(26)5-7-30-9-11-32-12-10-31-8-6-24-17(27)3-4-18(24)28/h3-4,14,19H,5-13H2,1-2H3,(H,22,29)(H,23,26). The fraction of sp³-hybridized carbons (Fsp3) is 0.650. The second-order valence-electron chi connectivity index (χ2n) is 7.11. The number of imide groups is 1. The summed E-state index contributed by atoms with van der Waals surface area (Å²) in [6.07, 6.45) is 2.45. The number of rotatable bonds is 17. The highest BCUT2D eigenvalue weighted by molar-refractivity contribution is 6.12. The van der Waals surface area contributed by atoms with Crippen molar-refractivity contribution in [1.82, 2.24) is 15.5 Å². The molecule has 1 heterocycles. The van der Waals surface area contributed by atoms with Gasteiger partial charge in [0.1, 0.15) is 12.6 Å². The van der Waals surface area contributed by atoms with Crippen LogP contribution < -0.4 is 10.6 Å². The number of halogens is 1. The molecule has 0 aromatic rings. The maximum atomic E-state index is 12.2. The summed E-state index contributed by atoms with van der Waals surface area (Å²) >= 11 is 0. The normalized spacial score (nSPS) is 14.2. The van der Waals surface area contributed by atoms with Crippen LogP contribution in [0, 0.1) is 5.92 Å². The molecule has 12 heteroatoms. The molecule has 2 N–H and O–H groups in total. The Morgan fingerprint density at radius 2 is 1.47 bits per heavy atom. The van der Waals surface area contributed by atoms with E-state index in [0.29, 0.717) is 13.2 Å². The van der Waals surface area contributed by atoms with Gasteiger partial charge in [0.05, 0.1) is 46.2 Å². The van der Waals surface area contributed by atoms with Crippen molar-refractivity contribution >= 4 is 29.7 Å². The number of carbonyl (C=O) groups is 5. The maximum absolute atomic E-state index is 12.2. The van der Waals surface area contributed by atoms with Gasteiger partial charge in [-0.2, -0.15) is 4.39 Å². The number of nitrogens with zero attached hydrogens (tertiary/aromatic N) is 1. The van der Waals surface area contributed by atoms with E-state index in [2.05, 4.69) is 10.6 Å². The number of hydrogen-bond donors (Lipinski definition) is 2. The van der Waals surface area contributed by atoms with Gasteiger partial charge in [0.2, 0.25) is 11.8 Å². The van der Waals surface area contributed by atoms with Gasteiger partial charge < -0.3 is 24.8 Å². The fourth-order valence-corrected chi connectivity index (χ4v) is 2.56. The smallest absolute Gasteiger partial charge is 0.320 e. The molecule has 0 fully saturated rings. The SMILES string of the molecule is CC(C)C(NC(=O)CCOCCOCCOCCN1C(=O)C=CC1=O)C(=O)NCC(=O)F. The van der Waals surface area contributed by atoms with Crippen molar-refractivity contribution in [3.05, 3.63) is 12.2 Å². The summed E-state index contributed by atoms with van der Waals surface area (Å²) in [5.41, 5.74) is 0. The first kappa shape index (κ1) is 27.3. The second kappa shape index (κ2) is 15.2. The highest BCUT2D eigenvalue weighted by Crippen LogP contribution is 2.03. The summed E-state index contributed by atoms with van der Waals surface area (Å²) in [6.45, 7) is 4.33. The van der Waals surface area contributed by atoms with Crippen molar-refractivity contribution in [2.75, 3.05) is 52.7 Å². The molecule has 0 spiro atoms. The van der Waals surface area contributed by atoms with Crippen LogP contribution in [0.4, 0.5) is 4.39 Å². The van der Waals surface area contributed by atoms with E-state index in [1.54, 1.807) is 13.8 Å². The summed E-state index contributed by atoms with van der Waals surface area (Å²) in [4.78, 5) is 58.0. The first-order valence-electron chi connectivity index (χ1n) is 10.2. The monoisotopic (exact) mass is 459 g/mol. The second-order valence-corrected chi connectivity index (χ2v) is 7.11. The molecular formula is C20H30FN3O8. The van der Waals surface area contributed by atoms with Crippen molar-refractivity contribution in [3.63, 3.8) is 0 Å². The van der Waals surface area contributed by atoms with Crippen molar-refractivity contribution in [2.24, 2.45) is 5.92 Å². The number of amides is 4. The molecule has 4 amide bonds. The van der Waals surface area contributed by atoms with E-state index < -0.39 is 30.4 Å². The molecule has 1 atom stereocenters. The van der Waals surface area contributed by atoms with Gasteiger partial charge >= 0.3 is 6.04 Å². The highest BCUT2D eigenvalue weighted by Gasteiger charge is 2.24. The summed E-state index contributed by atoms with van der Waals surface area (Å²) in [5, 5.41) is 4.66. The van der Waals surface area contributed by atoms with E-state index in [0.717, 1.165) is 4.90 Å². The minimum Gasteiger partial charge on any atom is -0.379 e. The lowest BCUT2D eigenvalue weighted by molar-refractivity contribution is -0.137.